The lowest BCUT2D eigenvalue weighted by Gasteiger charge is -2.12. The summed E-state index contributed by atoms with van der Waals surface area (Å²) >= 11 is 0. The first kappa shape index (κ1) is 15.1. The number of nitrogens with one attached hydrogen (secondary N) is 2. The largest absolute Gasteiger partial charge is 0.469 e. The van der Waals surface area contributed by atoms with Crippen LogP contribution in [0.25, 0.3) is 21.9 Å². The molecule has 0 amide bonds. The standard InChI is InChI=1S/C19H16N4O2/c1-25-19(24)10-13-9-17(14-4-2-3-5-15(14)23-13)22-12-6-7-16-18(8-12)21-11-20-16/h2-9,11H,10H2,1H3,(H,20,21)(H,22,23). The molecular formula is C19H16N4O2. The maximum absolute atomic E-state index is 11.6. The molecule has 0 saturated heterocycles. The highest BCUT2D eigenvalue weighted by Crippen LogP contribution is 2.27. The Morgan fingerprint density at radius 3 is 2.92 bits per heavy atom. The van der Waals surface area contributed by atoms with Crippen LogP contribution in [0.4, 0.5) is 11.4 Å². The zero-order valence-electron chi connectivity index (χ0n) is 13.6. The Morgan fingerprint density at radius 1 is 1.16 bits per heavy atom. The van der Waals surface area contributed by atoms with Crippen LogP contribution in [0.1, 0.15) is 5.69 Å². The second-order valence-electron chi connectivity index (χ2n) is 5.69. The van der Waals surface area contributed by atoms with Gasteiger partial charge in [0.05, 0.1) is 42.1 Å². The molecule has 0 saturated carbocycles. The van der Waals surface area contributed by atoms with Crippen molar-refractivity contribution in [2.45, 2.75) is 6.42 Å². The number of aromatic amines is 1. The molecule has 25 heavy (non-hydrogen) atoms. The summed E-state index contributed by atoms with van der Waals surface area (Å²) in [5.41, 5.74) is 5.18. The van der Waals surface area contributed by atoms with Crippen molar-refractivity contribution in [3.05, 3.63) is 60.6 Å². The fourth-order valence-electron chi connectivity index (χ4n) is 2.81. The van der Waals surface area contributed by atoms with Gasteiger partial charge in [0.25, 0.3) is 0 Å². The maximum Gasteiger partial charge on any atom is 0.311 e. The number of H-pyrrole nitrogens is 1. The summed E-state index contributed by atoms with van der Waals surface area (Å²) in [4.78, 5) is 23.5. The molecule has 0 fully saturated rings. The number of fused-ring (bicyclic) bond motifs is 2. The van der Waals surface area contributed by atoms with Crippen molar-refractivity contribution in [3.8, 4) is 0 Å². The van der Waals surface area contributed by atoms with Gasteiger partial charge in [-0.1, -0.05) is 18.2 Å². The van der Waals surface area contributed by atoms with E-state index in [-0.39, 0.29) is 12.4 Å². The van der Waals surface area contributed by atoms with E-state index >= 15 is 0 Å². The molecule has 0 aliphatic heterocycles. The molecule has 6 heteroatoms. The van der Waals surface area contributed by atoms with Crippen LogP contribution in [0.15, 0.2) is 54.9 Å². The molecule has 4 aromatic rings. The number of hydrogen-bond acceptors (Lipinski definition) is 5. The van der Waals surface area contributed by atoms with Gasteiger partial charge < -0.3 is 15.0 Å². The van der Waals surface area contributed by atoms with E-state index in [1.807, 2.05) is 48.5 Å². The molecule has 2 aromatic carbocycles. The molecule has 0 atom stereocenters. The van der Waals surface area contributed by atoms with Gasteiger partial charge in [0.15, 0.2) is 0 Å². The van der Waals surface area contributed by atoms with Crippen LogP contribution in [0.2, 0.25) is 0 Å². The fraction of sp³-hybridized carbons (Fsp3) is 0.105. The highest BCUT2D eigenvalue weighted by molar-refractivity contribution is 5.94. The Kier molecular flexibility index (Phi) is 3.78. The number of carbonyl (C=O) groups is 1. The number of methoxy groups -OCH3 is 1. The highest BCUT2D eigenvalue weighted by Gasteiger charge is 2.10. The van der Waals surface area contributed by atoms with Crippen molar-refractivity contribution >= 4 is 39.3 Å². The van der Waals surface area contributed by atoms with Crippen LogP contribution in [0, 0.1) is 0 Å². The SMILES string of the molecule is COC(=O)Cc1cc(Nc2ccc3nc[nH]c3c2)c2ccccc2n1. The number of esters is 1. The summed E-state index contributed by atoms with van der Waals surface area (Å²) in [5, 5.41) is 4.41. The van der Waals surface area contributed by atoms with E-state index in [2.05, 4.69) is 20.3 Å². The first-order valence-electron chi connectivity index (χ1n) is 7.88. The van der Waals surface area contributed by atoms with Gasteiger partial charge in [-0.2, -0.15) is 0 Å². The van der Waals surface area contributed by atoms with Crippen molar-refractivity contribution in [1.29, 1.82) is 0 Å². The van der Waals surface area contributed by atoms with E-state index in [4.69, 9.17) is 4.74 Å². The minimum Gasteiger partial charge on any atom is -0.469 e. The maximum atomic E-state index is 11.6. The van der Waals surface area contributed by atoms with E-state index in [0.717, 1.165) is 33.3 Å². The Morgan fingerprint density at radius 2 is 2.04 bits per heavy atom. The molecule has 0 aliphatic carbocycles. The Labute approximate surface area is 143 Å². The normalized spacial score (nSPS) is 10.9. The van der Waals surface area contributed by atoms with Gasteiger partial charge in [0, 0.05) is 16.8 Å². The number of benzene rings is 2. The van der Waals surface area contributed by atoms with Crippen LogP contribution >= 0.6 is 0 Å². The lowest BCUT2D eigenvalue weighted by Crippen LogP contribution is -2.07. The van der Waals surface area contributed by atoms with E-state index in [0.29, 0.717) is 5.69 Å². The Hall–Kier alpha value is -3.41. The van der Waals surface area contributed by atoms with Gasteiger partial charge >= 0.3 is 5.97 Å². The number of carbonyl (C=O) groups excluding carboxylic acids is 1. The number of anilines is 2. The monoisotopic (exact) mass is 332 g/mol. The van der Waals surface area contributed by atoms with Crippen molar-refractivity contribution in [1.82, 2.24) is 15.0 Å². The van der Waals surface area contributed by atoms with Gasteiger partial charge in [-0.3, -0.25) is 9.78 Å². The lowest BCUT2D eigenvalue weighted by molar-refractivity contribution is -0.139. The quantitative estimate of drug-likeness (QED) is 0.559. The molecule has 0 aliphatic rings. The third kappa shape index (κ3) is 3.01. The number of hydrogen-bond donors (Lipinski definition) is 2. The minimum atomic E-state index is -0.312. The number of ether oxygens (including phenoxy) is 1. The third-order valence-corrected chi connectivity index (χ3v) is 4.02. The zero-order chi connectivity index (χ0) is 17.2. The van der Waals surface area contributed by atoms with Crippen LogP contribution < -0.4 is 5.32 Å². The average molecular weight is 332 g/mol. The fourth-order valence-corrected chi connectivity index (χ4v) is 2.81. The summed E-state index contributed by atoms with van der Waals surface area (Å²) in [6.07, 6.45) is 1.81. The average Bonchev–Trinajstić information content (AvgIpc) is 3.09. The third-order valence-electron chi connectivity index (χ3n) is 4.02. The smallest absolute Gasteiger partial charge is 0.311 e. The second kappa shape index (κ2) is 6.24. The van der Waals surface area contributed by atoms with Crippen LogP contribution in [-0.2, 0) is 16.0 Å². The van der Waals surface area contributed by atoms with E-state index in [9.17, 15) is 4.79 Å². The van der Waals surface area contributed by atoms with Gasteiger partial charge in [0.2, 0.25) is 0 Å². The number of nitrogens with zero attached hydrogens (tertiary/aromatic N) is 2. The van der Waals surface area contributed by atoms with Crippen LogP contribution in [-0.4, -0.2) is 28.0 Å². The van der Waals surface area contributed by atoms with Gasteiger partial charge in [-0.15, -0.1) is 0 Å². The Balaban J connectivity index is 1.77. The molecule has 0 spiro atoms. The number of imidazole rings is 1. The first-order valence-corrected chi connectivity index (χ1v) is 7.88. The van der Waals surface area contributed by atoms with Crippen molar-refractivity contribution in [2.24, 2.45) is 0 Å². The molecule has 2 heterocycles. The van der Waals surface area contributed by atoms with Gasteiger partial charge in [-0.05, 0) is 30.3 Å². The molecule has 2 aromatic heterocycles. The Bertz CT molecular complexity index is 1070. The molecule has 0 radical (unpaired) electrons. The lowest BCUT2D eigenvalue weighted by atomic mass is 10.1. The number of aromatic nitrogens is 3. The summed E-state index contributed by atoms with van der Waals surface area (Å²) in [6.45, 7) is 0. The van der Waals surface area contributed by atoms with Crippen molar-refractivity contribution < 1.29 is 9.53 Å². The highest BCUT2D eigenvalue weighted by atomic mass is 16.5. The summed E-state index contributed by atoms with van der Waals surface area (Å²) < 4.78 is 4.75. The second-order valence-corrected chi connectivity index (χ2v) is 5.69. The van der Waals surface area contributed by atoms with Gasteiger partial charge in [0.1, 0.15) is 0 Å². The zero-order valence-corrected chi connectivity index (χ0v) is 13.6. The summed E-state index contributed by atoms with van der Waals surface area (Å²) in [7, 11) is 1.38. The van der Waals surface area contributed by atoms with E-state index in [1.165, 1.54) is 7.11 Å². The molecule has 0 bridgehead atoms. The topological polar surface area (TPSA) is 79.9 Å². The number of para-hydroxylation sites is 1. The molecule has 0 unspecified atom stereocenters. The molecule has 6 nitrogen and oxygen atoms in total. The number of rotatable bonds is 4. The van der Waals surface area contributed by atoms with Gasteiger partial charge in [-0.25, -0.2) is 4.98 Å². The number of pyridine rings is 1. The molecular weight excluding hydrogens is 316 g/mol. The summed E-state index contributed by atoms with van der Waals surface area (Å²) in [5.74, 6) is -0.312. The van der Waals surface area contributed by atoms with Crippen LogP contribution in [0.5, 0.6) is 0 Å². The van der Waals surface area contributed by atoms with Crippen LogP contribution in [0.3, 0.4) is 0 Å². The minimum absolute atomic E-state index is 0.135. The summed E-state index contributed by atoms with van der Waals surface area (Å²) in [6, 6.07) is 15.6. The van der Waals surface area contributed by atoms with E-state index < -0.39 is 0 Å². The van der Waals surface area contributed by atoms with Crippen molar-refractivity contribution in [2.75, 3.05) is 12.4 Å². The molecule has 124 valence electrons. The van der Waals surface area contributed by atoms with E-state index in [1.54, 1.807) is 6.33 Å². The predicted octanol–water partition coefficient (Wildman–Crippen LogP) is 3.57. The van der Waals surface area contributed by atoms with Crippen molar-refractivity contribution in [3.63, 3.8) is 0 Å². The predicted molar refractivity (Wildman–Crippen MR) is 96.8 cm³/mol. The molecule has 2 N–H and O–H groups in total. The first-order chi connectivity index (χ1) is 12.2. The molecule has 4 rings (SSSR count).